The Hall–Kier alpha value is -2.82. The summed E-state index contributed by atoms with van der Waals surface area (Å²) in [4.78, 5) is 16.4. The zero-order valence-corrected chi connectivity index (χ0v) is 21.6. The van der Waals surface area contributed by atoms with Crippen LogP contribution >= 0.6 is 11.8 Å². The first kappa shape index (κ1) is 28.7. The highest BCUT2D eigenvalue weighted by Gasteiger charge is 2.37. The summed E-state index contributed by atoms with van der Waals surface area (Å²) in [5.74, 6) is -2.87. The molecule has 3 rings (SSSR count). The maximum atomic E-state index is 14.5. The Kier molecular flexibility index (Phi) is 9.44. The molecule has 0 aliphatic carbocycles. The number of benzene rings is 2. The van der Waals surface area contributed by atoms with Crippen molar-refractivity contribution in [2.75, 3.05) is 13.2 Å². The molecule has 1 unspecified atom stereocenters. The largest absolute Gasteiger partial charge is 0.490 e. The van der Waals surface area contributed by atoms with Gasteiger partial charge in [0.05, 0.1) is 17.4 Å². The standard InChI is InChI=1S/C26H29F5N2O3S/c1-4-25(27,28)19-14-18(26(29,30)31)10-9-17(19)15-36-20-11-7-16(13-21(20)35-6-3)8-12-22-23(34)33-24(37-22)32-5-2/h7,9-11,13-14,22H,4-6,8,12,15H2,1-3H3,(H,32,33,34). The fourth-order valence-electron chi connectivity index (χ4n) is 3.77. The molecule has 5 nitrogen and oxygen atoms in total. The van der Waals surface area contributed by atoms with E-state index in [-0.39, 0.29) is 29.1 Å². The van der Waals surface area contributed by atoms with E-state index in [1.807, 2.05) is 6.92 Å². The number of hydrogen-bond donors (Lipinski definition) is 1. The number of carbonyl (C=O) groups is 1. The Morgan fingerprint density at radius 2 is 1.76 bits per heavy atom. The van der Waals surface area contributed by atoms with Crippen molar-refractivity contribution in [2.24, 2.45) is 4.99 Å². The van der Waals surface area contributed by atoms with Gasteiger partial charge >= 0.3 is 6.18 Å². The number of aryl methyl sites for hydroxylation is 1. The highest BCUT2D eigenvalue weighted by Crippen LogP contribution is 2.39. The van der Waals surface area contributed by atoms with Gasteiger partial charge in [0.1, 0.15) is 6.61 Å². The Labute approximate surface area is 216 Å². The summed E-state index contributed by atoms with van der Waals surface area (Å²) in [6.07, 6.45) is -4.23. The van der Waals surface area contributed by atoms with Crippen molar-refractivity contribution in [3.05, 3.63) is 58.7 Å². The third-order valence-corrected chi connectivity index (χ3v) is 6.93. The van der Waals surface area contributed by atoms with Gasteiger partial charge in [-0.1, -0.05) is 30.8 Å². The van der Waals surface area contributed by atoms with E-state index < -0.39 is 29.6 Å². The summed E-state index contributed by atoms with van der Waals surface area (Å²) in [6.45, 7) is 5.42. The van der Waals surface area contributed by atoms with Crippen LogP contribution in [0.4, 0.5) is 22.0 Å². The molecule has 1 aliphatic rings. The van der Waals surface area contributed by atoms with Gasteiger partial charge in [0, 0.05) is 18.5 Å². The van der Waals surface area contributed by atoms with E-state index in [1.54, 1.807) is 25.1 Å². The minimum atomic E-state index is -4.74. The van der Waals surface area contributed by atoms with Crippen LogP contribution in [0.1, 0.15) is 55.9 Å². The Balaban J connectivity index is 1.76. The van der Waals surface area contributed by atoms with Crippen molar-refractivity contribution < 1.29 is 36.2 Å². The first-order chi connectivity index (χ1) is 17.5. The molecule has 1 saturated heterocycles. The molecule has 0 saturated carbocycles. The molecule has 1 atom stereocenters. The topological polar surface area (TPSA) is 59.9 Å². The van der Waals surface area contributed by atoms with Crippen molar-refractivity contribution in [1.82, 2.24) is 5.32 Å². The highest BCUT2D eigenvalue weighted by molar-refractivity contribution is 8.15. The molecule has 202 valence electrons. The fourth-order valence-corrected chi connectivity index (χ4v) is 4.81. The smallest absolute Gasteiger partial charge is 0.416 e. The molecule has 2 aromatic carbocycles. The van der Waals surface area contributed by atoms with Crippen molar-refractivity contribution in [3.63, 3.8) is 0 Å². The molecule has 11 heteroatoms. The second-order valence-corrected chi connectivity index (χ2v) is 9.54. The lowest BCUT2D eigenvalue weighted by Crippen LogP contribution is -2.25. The number of halogens is 5. The number of hydrogen-bond acceptors (Lipinski definition) is 5. The van der Waals surface area contributed by atoms with Gasteiger partial charge < -0.3 is 14.8 Å². The molecule has 1 N–H and O–H groups in total. The van der Waals surface area contributed by atoms with Crippen molar-refractivity contribution >= 4 is 22.8 Å². The summed E-state index contributed by atoms with van der Waals surface area (Å²) in [7, 11) is 0. The van der Waals surface area contributed by atoms with Gasteiger partial charge in [-0.05, 0) is 62.1 Å². The monoisotopic (exact) mass is 544 g/mol. The van der Waals surface area contributed by atoms with Gasteiger partial charge in [0.25, 0.3) is 5.92 Å². The van der Waals surface area contributed by atoms with Crippen LogP contribution < -0.4 is 14.8 Å². The van der Waals surface area contributed by atoms with Gasteiger partial charge in [-0.25, -0.2) is 8.78 Å². The zero-order chi connectivity index (χ0) is 27.2. The first-order valence-corrected chi connectivity index (χ1v) is 12.8. The first-order valence-electron chi connectivity index (χ1n) is 12.0. The van der Waals surface area contributed by atoms with Gasteiger partial charge in [-0.15, -0.1) is 0 Å². The quantitative estimate of drug-likeness (QED) is 0.319. The number of aliphatic imine (C=N–C) groups is 1. The van der Waals surface area contributed by atoms with Crippen LogP contribution in [0.5, 0.6) is 11.5 Å². The van der Waals surface area contributed by atoms with Crippen LogP contribution in [0.2, 0.25) is 0 Å². The molecule has 2 aromatic rings. The number of amides is 1. The summed E-state index contributed by atoms with van der Waals surface area (Å²) in [5, 5.41) is 3.12. The number of carbonyl (C=O) groups excluding carboxylic acids is 1. The second kappa shape index (κ2) is 12.1. The molecule has 1 aliphatic heterocycles. The lowest BCUT2D eigenvalue weighted by Gasteiger charge is -2.21. The molecule has 0 bridgehead atoms. The number of nitrogens with zero attached hydrogens (tertiary/aromatic N) is 1. The molecular weight excluding hydrogens is 515 g/mol. The lowest BCUT2D eigenvalue weighted by molar-refractivity contribution is -0.137. The van der Waals surface area contributed by atoms with Crippen LogP contribution in [0, 0.1) is 0 Å². The average Bonchev–Trinajstić information content (AvgIpc) is 3.20. The molecule has 37 heavy (non-hydrogen) atoms. The zero-order valence-electron chi connectivity index (χ0n) is 20.8. The third kappa shape index (κ3) is 7.37. The summed E-state index contributed by atoms with van der Waals surface area (Å²) < 4.78 is 79.8. The van der Waals surface area contributed by atoms with E-state index >= 15 is 0 Å². The molecule has 0 aromatic heterocycles. The SMILES string of the molecule is CCN=C1NC(=O)C(CCc2ccc(OCc3ccc(C(F)(F)F)cc3C(F)(F)CC)c(OCC)c2)S1. The van der Waals surface area contributed by atoms with Crippen LogP contribution in [-0.2, 0) is 29.9 Å². The predicted octanol–water partition coefficient (Wildman–Crippen LogP) is 6.73. The summed E-state index contributed by atoms with van der Waals surface area (Å²) in [6, 6.07) is 7.46. The highest BCUT2D eigenvalue weighted by atomic mass is 32.2. The number of nitrogens with one attached hydrogen (secondary N) is 1. The molecule has 0 radical (unpaired) electrons. The number of rotatable bonds is 11. The Morgan fingerprint density at radius 1 is 1.00 bits per heavy atom. The van der Waals surface area contributed by atoms with Crippen molar-refractivity contribution in [2.45, 2.75) is 64.0 Å². The number of thioether (sulfide) groups is 1. The maximum Gasteiger partial charge on any atom is 0.416 e. The maximum absolute atomic E-state index is 14.5. The van der Waals surface area contributed by atoms with Crippen molar-refractivity contribution in [1.29, 1.82) is 0 Å². The number of amidine groups is 1. The van der Waals surface area contributed by atoms with E-state index in [4.69, 9.17) is 9.47 Å². The lowest BCUT2D eigenvalue weighted by atomic mass is 9.97. The van der Waals surface area contributed by atoms with Crippen LogP contribution in [0.25, 0.3) is 0 Å². The predicted molar refractivity (Wildman–Crippen MR) is 133 cm³/mol. The molecule has 1 amide bonds. The minimum absolute atomic E-state index is 0.0415. The Morgan fingerprint density at radius 3 is 2.41 bits per heavy atom. The number of alkyl halides is 5. The molecule has 1 heterocycles. The van der Waals surface area contributed by atoms with Gasteiger partial charge in [0.2, 0.25) is 5.91 Å². The van der Waals surface area contributed by atoms with Crippen LogP contribution in [0.15, 0.2) is 41.4 Å². The van der Waals surface area contributed by atoms with E-state index in [9.17, 15) is 26.7 Å². The van der Waals surface area contributed by atoms with E-state index in [0.29, 0.717) is 43.0 Å². The normalized spacial score (nSPS) is 17.2. The fraction of sp³-hybridized carbons (Fsp3) is 0.462. The molecular formula is C26H29F5N2O3S. The molecule has 1 fully saturated rings. The van der Waals surface area contributed by atoms with E-state index in [1.165, 1.54) is 18.7 Å². The number of ether oxygens (including phenoxy) is 2. The van der Waals surface area contributed by atoms with Gasteiger partial charge in [0.15, 0.2) is 16.7 Å². The second-order valence-electron chi connectivity index (χ2n) is 8.34. The van der Waals surface area contributed by atoms with Crippen LogP contribution in [0.3, 0.4) is 0 Å². The van der Waals surface area contributed by atoms with E-state index in [0.717, 1.165) is 17.7 Å². The van der Waals surface area contributed by atoms with Gasteiger partial charge in [-0.2, -0.15) is 13.2 Å². The molecule has 0 spiro atoms. The Bertz CT molecular complexity index is 1140. The van der Waals surface area contributed by atoms with Crippen molar-refractivity contribution in [3.8, 4) is 11.5 Å². The van der Waals surface area contributed by atoms with E-state index in [2.05, 4.69) is 10.3 Å². The van der Waals surface area contributed by atoms with Crippen LogP contribution in [-0.4, -0.2) is 29.5 Å². The average molecular weight is 545 g/mol. The minimum Gasteiger partial charge on any atom is -0.490 e. The summed E-state index contributed by atoms with van der Waals surface area (Å²) >= 11 is 1.40. The third-order valence-electron chi connectivity index (χ3n) is 5.74. The summed E-state index contributed by atoms with van der Waals surface area (Å²) in [5.41, 5.74) is -1.00. The van der Waals surface area contributed by atoms with Gasteiger partial charge in [-0.3, -0.25) is 9.79 Å².